The van der Waals surface area contributed by atoms with Gasteiger partial charge < -0.3 is 19.5 Å². The van der Waals surface area contributed by atoms with Crippen molar-refractivity contribution in [3.05, 3.63) is 66.1 Å². The molecular formula is C20H22N4O3. The SMILES string of the molecule is NCc1cc(C(=O)N2CCN(Cc3ncc(-c4ccccc4)o3)CC2)co1. The Kier molecular flexibility index (Phi) is 5.04. The summed E-state index contributed by atoms with van der Waals surface area (Å²) in [7, 11) is 0. The van der Waals surface area contributed by atoms with Gasteiger partial charge in [-0.05, 0) is 6.07 Å². The van der Waals surface area contributed by atoms with Crippen LogP contribution < -0.4 is 5.73 Å². The van der Waals surface area contributed by atoms with Crippen molar-refractivity contribution in [3.8, 4) is 11.3 Å². The highest BCUT2D eigenvalue weighted by Gasteiger charge is 2.24. The molecule has 0 bridgehead atoms. The van der Waals surface area contributed by atoms with Crippen LogP contribution in [0.2, 0.25) is 0 Å². The fourth-order valence-corrected chi connectivity index (χ4v) is 3.20. The number of benzene rings is 1. The minimum Gasteiger partial charge on any atom is -0.467 e. The number of furan rings is 1. The van der Waals surface area contributed by atoms with Gasteiger partial charge in [0.2, 0.25) is 5.89 Å². The number of nitrogens with two attached hydrogens (primary N) is 1. The van der Waals surface area contributed by atoms with Crippen molar-refractivity contribution >= 4 is 5.91 Å². The van der Waals surface area contributed by atoms with Gasteiger partial charge in [-0.15, -0.1) is 0 Å². The quantitative estimate of drug-likeness (QED) is 0.746. The molecule has 1 amide bonds. The Labute approximate surface area is 157 Å². The van der Waals surface area contributed by atoms with Crippen LogP contribution in [0.4, 0.5) is 0 Å². The van der Waals surface area contributed by atoms with Crippen molar-refractivity contribution in [2.45, 2.75) is 13.1 Å². The van der Waals surface area contributed by atoms with Crippen LogP contribution in [0.3, 0.4) is 0 Å². The standard InChI is InChI=1S/C20H22N4O3/c21-11-17-10-16(14-26-17)20(25)24-8-6-23(7-9-24)13-19-22-12-18(27-19)15-4-2-1-3-5-15/h1-5,10,12,14H,6-9,11,13,21H2. The normalized spacial score (nSPS) is 15.2. The lowest BCUT2D eigenvalue weighted by molar-refractivity contribution is 0.0617. The van der Waals surface area contributed by atoms with Crippen LogP contribution in [0, 0.1) is 0 Å². The van der Waals surface area contributed by atoms with Crippen molar-refractivity contribution in [1.82, 2.24) is 14.8 Å². The summed E-state index contributed by atoms with van der Waals surface area (Å²) < 4.78 is 11.1. The predicted octanol–water partition coefficient (Wildman–Crippen LogP) is 2.35. The molecule has 3 aromatic rings. The largest absolute Gasteiger partial charge is 0.467 e. The smallest absolute Gasteiger partial charge is 0.257 e. The number of oxazole rings is 1. The lowest BCUT2D eigenvalue weighted by Gasteiger charge is -2.33. The first-order chi connectivity index (χ1) is 13.2. The molecule has 27 heavy (non-hydrogen) atoms. The second-order valence-electron chi connectivity index (χ2n) is 6.56. The molecule has 0 atom stereocenters. The summed E-state index contributed by atoms with van der Waals surface area (Å²) in [5.41, 5.74) is 7.11. The summed E-state index contributed by atoms with van der Waals surface area (Å²) in [6, 6.07) is 11.6. The minimum atomic E-state index is -0.0133. The zero-order chi connectivity index (χ0) is 18.6. The molecule has 7 nitrogen and oxygen atoms in total. The number of amides is 1. The molecule has 1 aromatic carbocycles. The maximum absolute atomic E-state index is 12.5. The van der Waals surface area contributed by atoms with Crippen LogP contribution >= 0.6 is 0 Å². The van der Waals surface area contributed by atoms with Gasteiger partial charge in [-0.1, -0.05) is 30.3 Å². The number of piperazine rings is 1. The van der Waals surface area contributed by atoms with Crippen molar-refractivity contribution in [1.29, 1.82) is 0 Å². The minimum absolute atomic E-state index is 0.0133. The zero-order valence-electron chi connectivity index (χ0n) is 15.0. The Hall–Kier alpha value is -2.90. The predicted molar refractivity (Wildman–Crippen MR) is 99.7 cm³/mol. The van der Waals surface area contributed by atoms with Crippen LogP contribution in [0.5, 0.6) is 0 Å². The molecule has 0 radical (unpaired) electrons. The van der Waals surface area contributed by atoms with E-state index in [1.54, 1.807) is 12.3 Å². The van der Waals surface area contributed by atoms with E-state index in [9.17, 15) is 4.79 Å². The summed E-state index contributed by atoms with van der Waals surface area (Å²) in [4.78, 5) is 21.0. The van der Waals surface area contributed by atoms with E-state index in [2.05, 4.69) is 9.88 Å². The summed E-state index contributed by atoms with van der Waals surface area (Å²) >= 11 is 0. The van der Waals surface area contributed by atoms with E-state index in [1.165, 1.54) is 6.26 Å². The third-order valence-corrected chi connectivity index (χ3v) is 4.73. The number of aromatic nitrogens is 1. The fourth-order valence-electron chi connectivity index (χ4n) is 3.20. The summed E-state index contributed by atoms with van der Waals surface area (Å²) in [5, 5.41) is 0. The molecule has 1 aliphatic rings. The first-order valence-corrected chi connectivity index (χ1v) is 9.02. The van der Waals surface area contributed by atoms with Gasteiger partial charge in [-0.2, -0.15) is 0 Å². The molecule has 1 fully saturated rings. The Morgan fingerprint density at radius 1 is 1.15 bits per heavy atom. The van der Waals surface area contributed by atoms with Gasteiger partial charge in [0.15, 0.2) is 5.76 Å². The average molecular weight is 366 g/mol. The highest BCUT2D eigenvalue weighted by atomic mass is 16.4. The van der Waals surface area contributed by atoms with Gasteiger partial charge in [-0.25, -0.2) is 4.98 Å². The van der Waals surface area contributed by atoms with E-state index in [1.807, 2.05) is 35.2 Å². The molecule has 140 valence electrons. The van der Waals surface area contributed by atoms with Gasteiger partial charge in [0.1, 0.15) is 12.0 Å². The van der Waals surface area contributed by atoms with Crippen LogP contribution in [-0.4, -0.2) is 46.9 Å². The van der Waals surface area contributed by atoms with Gasteiger partial charge in [0.25, 0.3) is 5.91 Å². The van der Waals surface area contributed by atoms with Crippen molar-refractivity contribution < 1.29 is 13.6 Å². The van der Waals surface area contributed by atoms with E-state index in [0.717, 1.165) is 24.4 Å². The number of hydrogen-bond acceptors (Lipinski definition) is 6. The van der Waals surface area contributed by atoms with E-state index < -0.39 is 0 Å². The number of carbonyl (C=O) groups is 1. The van der Waals surface area contributed by atoms with E-state index in [4.69, 9.17) is 14.6 Å². The highest BCUT2D eigenvalue weighted by Crippen LogP contribution is 2.21. The fraction of sp³-hybridized carbons (Fsp3) is 0.300. The van der Waals surface area contributed by atoms with Gasteiger partial charge >= 0.3 is 0 Å². The second-order valence-corrected chi connectivity index (χ2v) is 6.56. The summed E-state index contributed by atoms with van der Waals surface area (Å²) in [5.74, 6) is 2.07. The van der Waals surface area contributed by atoms with Crippen molar-refractivity contribution in [2.24, 2.45) is 5.73 Å². The number of hydrogen-bond donors (Lipinski definition) is 1. The molecule has 7 heteroatoms. The van der Waals surface area contributed by atoms with Crippen molar-refractivity contribution in [3.63, 3.8) is 0 Å². The zero-order valence-corrected chi connectivity index (χ0v) is 15.0. The summed E-state index contributed by atoms with van der Waals surface area (Å²) in [6.07, 6.45) is 3.24. The molecule has 0 saturated carbocycles. The van der Waals surface area contributed by atoms with Gasteiger partial charge in [-0.3, -0.25) is 9.69 Å². The first-order valence-electron chi connectivity index (χ1n) is 9.02. The monoisotopic (exact) mass is 366 g/mol. The molecular weight excluding hydrogens is 344 g/mol. The first kappa shape index (κ1) is 17.5. The molecule has 3 heterocycles. The Balaban J connectivity index is 1.32. The molecule has 0 unspecified atom stereocenters. The number of nitrogens with zero attached hydrogens (tertiary/aromatic N) is 3. The maximum Gasteiger partial charge on any atom is 0.257 e. The molecule has 4 rings (SSSR count). The van der Waals surface area contributed by atoms with Crippen LogP contribution in [0.25, 0.3) is 11.3 Å². The van der Waals surface area contributed by atoms with Gasteiger partial charge in [0, 0.05) is 31.7 Å². The number of carbonyl (C=O) groups excluding carboxylic acids is 1. The summed E-state index contributed by atoms with van der Waals surface area (Å²) in [6.45, 7) is 3.80. The van der Waals surface area contributed by atoms with Crippen LogP contribution in [-0.2, 0) is 13.1 Å². The van der Waals surface area contributed by atoms with E-state index in [-0.39, 0.29) is 5.91 Å². The number of rotatable bonds is 5. The van der Waals surface area contributed by atoms with Gasteiger partial charge in [0.05, 0.1) is 24.8 Å². The third-order valence-electron chi connectivity index (χ3n) is 4.73. The third kappa shape index (κ3) is 3.94. The molecule has 1 saturated heterocycles. The highest BCUT2D eigenvalue weighted by molar-refractivity contribution is 5.94. The van der Waals surface area contributed by atoms with Crippen molar-refractivity contribution in [2.75, 3.05) is 26.2 Å². The van der Waals surface area contributed by atoms with E-state index in [0.29, 0.717) is 43.4 Å². The van der Waals surface area contributed by atoms with Crippen LogP contribution in [0.15, 0.2) is 57.7 Å². The molecule has 0 spiro atoms. The lowest BCUT2D eigenvalue weighted by atomic mass is 10.2. The lowest BCUT2D eigenvalue weighted by Crippen LogP contribution is -2.48. The topological polar surface area (TPSA) is 88.7 Å². The molecule has 2 N–H and O–H groups in total. The molecule has 2 aromatic heterocycles. The average Bonchev–Trinajstić information content (AvgIpc) is 3.38. The molecule has 0 aliphatic carbocycles. The second kappa shape index (κ2) is 7.77. The maximum atomic E-state index is 12.5. The Morgan fingerprint density at radius 2 is 1.93 bits per heavy atom. The Bertz CT molecular complexity index is 895. The molecule has 1 aliphatic heterocycles. The van der Waals surface area contributed by atoms with Crippen LogP contribution in [0.1, 0.15) is 22.0 Å². The Morgan fingerprint density at radius 3 is 2.63 bits per heavy atom. The van der Waals surface area contributed by atoms with E-state index >= 15 is 0 Å².